The van der Waals surface area contributed by atoms with E-state index in [-0.39, 0.29) is 5.56 Å². The van der Waals surface area contributed by atoms with Crippen molar-refractivity contribution in [1.29, 1.82) is 0 Å². The van der Waals surface area contributed by atoms with Crippen LogP contribution >= 0.6 is 11.6 Å². The van der Waals surface area contributed by atoms with E-state index in [4.69, 9.17) is 16.3 Å². The molecule has 0 saturated carbocycles. The Bertz CT molecular complexity index is 76.0. The summed E-state index contributed by atoms with van der Waals surface area (Å²) in [6, 6.07) is 0. The summed E-state index contributed by atoms with van der Waals surface area (Å²) in [5.74, 6) is 0. The third kappa shape index (κ3) is 8.15. The highest BCUT2D eigenvalue weighted by Crippen LogP contribution is 2.09. The molecule has 1 atom stereocenters. The summed E-state index contributed by atoms with van der Waals surface area (Å²) >= 11 is 5.87. The summed E-state index contributed by atoms with van der Waals surface area (Å²) in [6.45, 7) is 5.13. The SMILES string of the molecule is CCCCOC(Cl)CCCC. The van der Waals surface area contributed by atoms with Gasteiger partial charge in [-0.25, -0.2) is 0 Å². The number of ether oxygens (including phenoxy) is 1. The van der Waals surface area contributed by atoms with Gasteiger partial charge in [-0.1, -0.05) is 38.3 Å². The number of hydrogen-bond acceptors (Lipinski definition) is 1. The van der Waals surface area contributed by atoms with Crippen LogP contribution in [0.4, 0.5) is 0 Å². The summed E-state index contributed by atoms with van der Waals surface area (Å²) < 4.78 is 5.35. The molecule has 0 aliphatic rings. The molecule has 0 aliphatic heterocycles. The first-order valence-corrected chi connectivity index (χ1v) is 5.00. The normalized spacial score (nSPS) is 13.4. The van der Waals surface area contributed by atoms with E-state index < -0.39 is 0 Å². The molecule has 0 aromatic carbocycles. The standard InChI is InChI=1S/C9H19ClO/c1-3-5-7-9(10)11-8-6-4-2/h9H,3-8H2,1-2H3. The molecule has 0 amide bonds. The Balaban J connectivity index is 3.02. The van der Waals surface area contributed by atoms with Crippen molar-refractivity contribution < 1.29 is 4.74 Å². The fourth-order valence-electron chi connectivity index (χ4n) is 0.803. The van der Waals surface area contributed by atoms with E-state index in [2.05, 4.69) is 13.8 Å². The molecule has 0 saturated heterocycles. The van der Waals surface area contributed by atoms with E-state index in [1.54, 1.807) is 0 Å². The molecular weight excluding hydrogens is 160 g/mol. The molecule has 1 nitrogen and oxygen atoms in total. The maximum atomic E-state index is 5.87. The van der Waals surface area contributed by atoms with Gasteiger partial charge in [-0.15, -0.1) is 0 Å². The first kappa shape index (κ1) is 11.2. The fraction of sp³-hybridized carbons (Fsp3) is 1.00. The Hall–Kier alpha value is 0.250. The Morgan fingerprint density at radius 3 is 2.36 bits per heavy atom. The lowest BCUT2D eigenvalue weighted by atomic mass is 10.3. The quantitative estimate of drug-likeness (QED) is 0.428. The van der Waals surface area contributed by atoms with Gasteiger partial charge in [0.05, 0.1) is 0 Å². The number of hydrogen-bond donors (Lipinski definition) is 0. The highest BCUT2D eigenvalue weighted by molar-refractivity contribution is 6.19. The second kappa shape index (κ2) is 8.35. The van der Waals surface area contributed by atoms with Crippen molar-refractivity contribution in [2.24, 2.45) is 0 Å². The predicted octanol–water partition coefficient (Wildman–Crippen LogP) is 3.56. The van der Waals surface area contributed by atoms with E-state index in [1.165, 1.54) is 19.3 Å². The number of rotatable bonds is 7. The van der Waals surface area contributed by atoms with Crippen molar-refractivity contribution in [3.8, 4) is 0 Å². The highest BCUT2D eigenvalue weighted by Gasteiger charge is 2.01. The van der Waals surface area contributed by atoms with Crippen LogP contribution in [0.25, 0.3) is 0 Å². The van der Waals surface area contributed by atoms with Gasteiger partial charge in [0.2, 0.25) is 0 Å². The average molecular weight is 179 g/mol. The van der Waals surface area contributed by atoms with Gasteiger partial charge in [-0.3, -0.25) is 0 Å². The predicted molar refractivity (Wildman–Crippen MR) is 50.0 cm³/mol. The lowest BCUT2D eigenvalue weighted by Gasteiger charge is -2.09. The smallest absolute Gasteiger partial charge is 0.131 e. The maximum absolute atomic E-state index is 5.87. The second-order valence-corrected chi connectivity index (χ2v) is 3.26. The molecule has 0 spiro atoms. The van der Waals surface area contributed by atoms with Crippen LogP contribution in [0.3, 0.4) is 0 Å². The van der Waals surface area contributed by atoms with E-state index in [0.29, 0.717) is 0 Å². The van der Waals surface area contributed by atoms with Gasteiger partial charge in [0.15, 0.2) is 0 Å². The van der Waals surface area contributed by atoms with E-state index in [9.17, 15) is 0 Å². The molecule has 11 heavy (non-hydrogen) atoms. The van der Waals surface area contributed by atoms with Crippen LogP contribution in [0.15, 0.2) is 0 Å². The number of halogens is 1. The van der Waals surface area contributed by atoms with Gasteiger partial charge in [0.25, 0.3) is 0 Å². The summed E-state index contributed by atoms with van der Waals surface area (Å²) in [6.07, 6.45) is 5.65. The van der Waals surface area contributed by atoms with Crippen LogP contribution in [0.1, 0.15) is 46.0 Å². The minimum atomic E-state index is -0.0542. The summed E-state index contributed by atoms with van der Waals surface area (Å²) in [5, 5.41) is 0. The molecule has 1 unspecified atom stereocenters. The van der Waals surface area contributed by atoms with Gasteiger partial charge in [-0.05, 0) is 19.3 Å². The zero-order chi connectivity index (χ0) is 8.53. The number of unbranched alkanes of at least 4 members (excludes halogenated alkanes) is 2. The van der Waals surface area contributed by atoms with Crippen molar-refractivity contribution >= 4 is 11.6 Å². The van der Waals surface area contributed by atoms with Crippen LogP contribution in [0.2, 0.25) is 0 Å². The molecule has 68 valence electrons. The van der Waals surface area contributed by atoms with E-state index in [0.717, 1.165) is 19.4 Å². The zero-order valence-corrected chi connectivity index (χ0v) is 8.36. The van der Waals surface area contributed by atoms with Crippen molar-refractivity contribution in [3.63, 3.8) is 0 Å². The van der Waals surface area contributed by atoms with Gasteiger partial charge in [-0.2, -0.15) is 0 Å². The zero-order valence-electron chi connectivity index (χ0n) is 7.61. The molecular formula is C9H19ClO. The van der Waals surface area contributed by atoms with Crippen molar-refractivity contribution in [1.82, 2.24) is 0 Å². The van der Waals surface area contributed by atoms with E-state index >= 15 is 0 Å². The third-order valence-electron chi connectivity index (χ3n) is 1.58. The minimum Gasteiger partial charge on any atom is -0.362 e. The van der Waals surface area contributed by atoms with Gasteiger partial charge < -0.3 is 4.74 Å². The first-order valence-electron chi connectivity index (χ1n) is 4.57. The van der Waals surface area contributed by atoms with Crippen LogP contribution in [-0.2, 0) is 4.74 Å². The van der Waals surface area contributed by atoms with Gasteiger partial charge in [0.1, 0.15) is 5.56 Å². The average Bonchev–Trinajstić information content (AvgIpc) is 2.01. The van der Waals surface area contributed by atoms with Crippen LogP contribution in [0.5, 0.6) is 0 Å². The lowest BCUT2D eigenvalue weighted by molar-refractivity contribution is 0.0978. The molecule has 0 rings (SSSR count). The van der Waals surface area contributed by atoms with Crippen molar-refractivity contribution in [2.45, 2.75) is 51.5 Å². The van der Waals surface area contributed by atoms with Crippen LogP contribution in [-0.4, -0.2) is 12.2 Å². The molecule has 0 fully saturated rings. The monoisotopic (exact) mass is 178 g/mol. The summed E-state index contributed by atoms with van der Waals surface area (Å²) in [7, 11) is 0. The summed E-state index contributed by atoms with van der Waals surface area (Å²) in [4.78, 5) is 0. The molecule has 0 aromatic heterocycles. The lowest BCUT2D eigenvalue weighted by Crippen LogP contribution is -2.05. The fourth-order valence-corrected chi connectivity index (χ4v) is 1.05. The maximum Gasteiger partial charge on any atom is 0.131 e. The molecule has 0 heterocycles. The van der Waals surface area contributed by atoms with Crippen molar-refractivity contribution in [2.75, 3.05) is 6.61 Å². The third-order valence-corrected chi connectivity index (χ3v) is 1.93. The largest absolute Gasteiger partial charge is 0.362 e. The Morgan fingerprint density at radius 1 is 1.18 bits per heavy atom. The minimum absolute atomic E-state index is 0.0542. The Kier molecular flexibility index (Phi) is 8.54. The summed E-state index contributed by atoms with van der Waals surface area (Å²) in [5.41, 5.74) is -0.0542. The van der Waals surface area contributed by atoms with Gasteiger partial charge in [0, 0.05) is 6.61 Å². The Morgan fingerprint density at radius 2 is 1.82 bits per heavy atom. The molecule has 0 N–H and O–H groups in total. The van der Waals surface area contributed by atoms with Crippen molar-refractivity contribution in [3.05, 3.63) is 0 Å². The molecule has 0 aromatic rings. The number of alkyl halides is 1. The van der Waals surface area contributed by atoms with Gasteiger partial charge >= 0.3 is 0 Å². The molecule has 2 heteroatoms. The Labute approximate surface area is 75.1 Å². The highest BCUT2D eigenvalue weighted by atomic mass is 35.5. The molecule has 0 bridgehead atoms. The topological polar surface area (TPSA) is 9.23 Å². The second-order valence-electron chi connectivity index (χ2n) is 2.78. The van der Waals surface area contributed by atoms with E-state index in [1.807, 2.05) is 0 Å². The van der Waals surface area contributed by atoms with Crippen LogP contribution < -0.4 is 0 Å². The van der Waals surface area contributed by atoms with Crippen LogP contribution in [0, 0.1) is 0 Å². The molecule has 0 radical (unpaired) electrons. The molecule has 0 aliphatic carbocycles. The first-order chi connectivity index (χ1) is 5.31.